The first-order valence-electron chi connectivity index (χ1n) is 3.35. The topological polar surface area (TPSA) is 24.7 Å². The second kappa shape index (κ2) is 1.54. The van der Waals surface area contributed by atoms with E-state index >= 15 is 0 Å². The molecule has 2 nitrogen and oxygen atoms in total. The molecular weight excluding hydrogens is 100 g/mol. The van der Waals surface area contributed by atoms with Crippen LogP contribution in [0.1, 0.15) is 25.7 Å². The van der Waals surface area contributed by atoms with Crippen molar-refractivity contribution >= 4 is 0 Å². The Morgan fingerprint density at radius 3 is 1.25 bits per heavy atom. The summed E-state index contributed by atoms with van der Waals surface area (Å²) in [4.78, 5) is 0. The van der Waals surface area contributed by atoms with Crippen LogP contribution in [0.25, 0.3) is 0 Å². The number of hydrogen-bond donors (Lipinski definition) is 0. The lowest BCUT2D eigenvalue weighted by Crippen LogP contribution is -2.24. The van der Waals surface area contributed by atoms with E-state index in [9.17, 15) is 0 Å². The van der Waals surface area contributed by atoms with Crippen molar-refractivity contribution in [2.45, 2.75) is 37.8 Å². The van der Waals surface area contributed by atoms with Crippen molar-refractivity contribution in [3.8, 4) is 0 Å². The molecule has 0 N–H and O–H groups in total. The van der Waals surface area contributed by atoms with E-state index in [0.29, 0.717) is 12.1 Å². The van der Waals surface area contributed by atoms with E-state index < -0.39 is 0 Å². The number of azo groups is 1. The molecule has 0 aromatic heterocycles. The van der Waals surface area contributed by atoms with Gasteiger partial charge in [0, 0.05) is 0 Å². The van der Waals surface area contributed by atoms with Crippen LogP contribution in [0, 0.1) is 0 Å². The van der Waals surface area contributed by atoms with Crippen LogP contribution < -0.4 is 0 Å². The highest BCUT2D eigenvalue weighted by Gasteiger charge is 2.24. The van der Waals surface area contributed by atoms with Crippen LogP contribution in [-0.2, 0) is 0 Å². The van der Waals surface area contributed by atoms with E-state index in [1.807, 2.05) is 0 Å². The molecule has 0 aromatic rings. The van der Waals surface area contributed by atoms with Crippen LogP contribution in [0.4, 0.5) is 0 Å². The van der Waals surface area contributed by atoms with E-state index in [0.717, 1.165) is 0 Å². The molecule has 3 rings (SSSR count). The summed E-state index contributed by atoms with van der Waals surface area (Å²) in [6.45, 7) is 0. The van der Waals surface area contributed by atoms with Gasteiger partial charge in [0.15, 0.2) is 0 Å². The Kier molecular flexibility index (Phi) is 0.861. The van der Waals surface area contributed by atoms with Gasteiger partial charge in [-0.1, -0.05) is 0 Å². The van der Waals surface area contributed by atoms with Gasteiger partial charge in [-0.15, -0.1) is 0 Å². The third-order valence-corrected chi connectivity index (χ3v) is 2.06. The molecule has 2 heteroatoms. The summed E-state index contributed by atoms with van der Waals surface area (Å²) in [5.74, 6) is 0. The summed E-state index contributed by atoms with van der Waals surface area (Å²) in [5, 5.41) is 8.25. The van der Waals surface area contributed by atoms with E-state index in [4.69, 9.17) is 0 Å². The highest BCUT2D eigenvalue weighted by molar-refractivity contribution is 4.83. The molecule has 8 heavy (non-hydrogen) atoms. The zero-order valence-electron chi connectivity index (χ0n) is 4.88. The van der Waals surface area contributed by atoms with Crippen LogP contribution in [0.15, 0.2) is 10.2 Å². The molecule has 0 saturated heterocycles. The maximum Gasteiger partial charge on any atom is 0.0710 e. The highest BCUT2D eigenvalue weighted by atomic mass is 15.2. The molecule has 1 aliphatic carbocycles. The van der Waals surface area contributed by atoms with Crippen molar-refractivity contribution in [2.75, 3.05) is 0 Å². The molecule has 2 aliphatic heterocycles. The van der Waals surface area contributed by atoms with Crippen molar-refractivity contribution in [1.82, 2.24) is 0 Å². The molecule has 0 amide bonds. The van der Waals surface area contributed by atoms with Gasteiger partial charge in [0.05, 0.1) is 12.1 Å². The second-order valence-corrected chi connectivity index (χ2v) is 2.69. The lowest BCUT2D eigenvalue weighted by atomic mass is 9.91. The Bertz CT molecular complexity index is 97.7. The summed E-state index contributed by atoms with van der Waals surface area (Å²) in [6.07, 6.45) is 5.20. The van der Waals surface area contributed by atoms with E-state index in [1.165, 1.54) is 25.7 Å². The van der Waals surface area contributed by atoms with Crippen molar-refractivity contribution < 1.29 is 0 Å². The fraction of sp³-hybridized carbons (Fsp3) is 1.00. The number of hydrogen-bond acceptors (Lipinski definition) is 2. The Hall–Kier alpha value is -0.400. The quantitative estimate of drug-likeness (QED) is 0.454. The summed E-state index contributed by atoms with van der Waals surface area (Å²) in [7, 11) is 0. The predicted octanol–water partition coefficient (Wildman–Crippen LogP) is 1.76. The number of nitrogens with zero attached hydrogens (tertiary/aromatic N) is 2. The Morgan fingerprint density at radius 1 is 0.750 bits per heavy atom. The Morgan fingerprint density at radius 2 is 1.12 bits per heavy atom. The maximum atomic E-state index is 4.12. The van der Waals surface area contributed by atoms with Crippen molar-refractivity contribution in [2.24, 2.45) is 10.2 Å². The van der Waals surface area contributed by atoms with E-state index in [1.54, 1.807) is 0 Å². The van der Waals surface area contributed by atoms with Gasteiger partial charge in [-0.3, -0.25) is 0 Å². The first-order chi connectivity index (χ1) is 3.95. The average molecular weight is 110 g/mol. The van der Waals surface area contributed by atoms with E-state index in [2.05, 4.69) is 10.2 Å². The van der Waals surface area contributed by atoms with Crippen LogP contribution in [0.5, 0.6) is 0 Å². The molecule has 3 aliphatic rings. The van der Waals surface area contributed by atoms with Crippen molar-refractivity contribution in [3.05, 3.63) is 0 Å². The molecule has 0 atom stereocenters. The molecule has 2 heterocycles. The van der Waals surface area contributed by atoms with Gasteiger partial charge in [-0.05, 0) is 25.7 Å². The zero-order valence-corrected chi connectivity index (χ0v) is 4.88. The van der Waals surface area contributed by atoms with Gasteiger partial charge >= 0.3 is 0 Å². The highest BCUT2D eigenvalue weighted by Crippen LogP contribution is 2.28. The molecule has 0 spiro atoms. The van der Waals surface area contributed by atoms with Crippen molar-refractivity contribution in [1.29, 1.82) is 0 Å². The molecule has 2 bridgehead atoms. The van der Waals surface area contributed by atoms with Gasteiger partial charge in [0.25, 0.3) is 0 Å². The van der Waals surface area contributed by atoms with Gasteiger partial charge in [-0.2, -0.15) is 10.2 Å². The molecule has 1 fully saturated rings. The third-order valence-electron chi connectivity index (χ3n) is 2.06. The fourth-order valence-corrected chi connectivity index (χ4v) is 1.48. The Balaban J connectivity index is 2.20. The summed E-state index contributed by atoms with van der Waals surface area (Å²) < 4.78 is 0. The minimum absolute atomic E-state index is 0.611. The lowest BCUT2D eigenvalue weighted by Gasteiger charge is -2.27. The smallest absolute Gasteiger partial charge is 0.0710 e. The molecule has 0 unspecified atom stereocenters. The van der Waals surface area contributed by atoms with Crippen LogP contribution in [0.3, 0.4) is 0 Å². The SMILES string of the molecule is C1CC2CCC1N=N2. The minimum atomic E-state index is 0.611. The zero-order chi connectivity index (χ0) is 5.40. The van der Waals surface area contributed by atoms with Crippen LogP contribution in [-0.4, -0.2) is 12.1 Å². The molecule has 44 valence electrons. The standard InChI is InChI=1S/C6H10N2/c1-2-6-4-3-5(1)7-8-6/h5-6H,1-4H2. The van der Waals surface area contributed by atoms with Gasteiger partial charge in [0.2, 0.25) is 0 Å². The lowest BCUT2D eigenvalue weighted by molar-refractivity contribution is 0.324. The summed E-state index contributed by atoms with van der Waals surface area (Å²) in [6, 6.07) is 1.22. The molecule has 0 aromatic carbocycles. The summed E-state index contributed by atoms with van der Waals surface area (Å²) >= 11 is 0. The molecule has 0 radical (unpaired) electrons. The molecular formula is C6H10N2. The first kappa shape index (κ1) is 4.48. The number of rotatable bonds is 0. The third kappa shape index (κ3) is 0.556. The normalized spacial score (nSPS) is 43.0. The van der Waals surface area contributed by atoms with Gasteiger partial charge in [0.1, 0.15) is 0 Å². The Labute approximate surface area is 49.0 Å². The van der Waals surface area contributed by atoms with Crippen LogP contribution in [0.2, 0.25) is 0 Å². The van der Waals surface area contributed by atoms with Crippen LogP contribution >= 0.6 is 0 Å². The average Bonchev–Trinajstić information content (AvgIpc) is 1.92. The summed E-state index contributed by atoms with van der Waals surface area (Å²) in [5.41, 5.74) is 0. The first-order valence-corrected chi connectivity index (χ1v) is 3.35. The largest absolute Gasteiger partial charge is 0.191 e. The van der Waals surface area contributed by atoms with Crippen molar-refractivity contribution in [3.63, 3.8) is 0 Å². The number of fused-ring (bicyclic) bond motifs is 2. The fourth-order valence-electron chi connectivity index (χ4n) is 1.48. The monoisotopic (exact) mass is 110 g/mol. The van der Waals surface area contributed by atoms with Gasteiger partial charge in [-0.25, -0.2) is 0 Å². The predicted molar refractivity (Wildman–Crippen MR) is 30.9 cm³/mol. The van der Waals surface area contributed by atoms with E-state index in [-0.39, 0.29) is 0 Å². The second-order valence-electron chi connectivity index (χ2n) is 2.69. The molecule has 1 saturated carbocycles. The van der Waals surface area contributed by atoms with Gasteiger partial charge < -0.3 is 0 Å². The maximum absolute atomic E-state index is 4.12. The minimum Gasteiger partial charge on any atom is -0.191 e.